The van der Waals surface area contributed by atoms with E-state index < -0.39 is 0 Å². The lowest BCUT2D eigenvalue weighted by molar-refractivity contribution is -0.119. The Labute approximate surface area is 161 Å². The van der Waals surface area contributed by atoms with E-state index in [1.807, 2.05) is 22.8 Å². The van der Waals surface area contributed by atoms with Crippen LogP contribution in [0.5, 0.6) is 0 Å². The van der Waals surface area contributed by atoms with Gasteiger partial charge in [0, 0.05) is 12.0 Å². The minimum Gasteiger partial charge on any atom is -0.298 e. The standard InChI is InChI=1S/C21H20FN3OS/c22-17-12-10-16(11-13-17)20-23-24-21(27-19-9-5-4-8-18(19)26)25(20)14-15-6-2-1-3-7-15/h1-3,6-7,10-13,19H,4-5,8-9,14H2. The second-order valence-corrected chi connectivity index (χ2v) is 7.87. The molecule has 1 aliphatic rings. The highest BCUT2D eigenvalue weighted by atomic mass is 32.2. The number of thioether (sulfide) groups is 1. The number of halogens is 1. The molecule has 6 heteroatoms. The van der Waals surface area contributed by atoms with E-state index in [1.54, 1.807) is 12.1 Å². The van der Waals surface area contributed by atoms with Gasteiger partial charge in [-0.25, -0.2) is 4.39 Å². The Bertz CT molecular complexity index is 924. The minimum absolute atomic E-state index is 0.0569. The van der Waals surface area contributed by atoms with Gasteiger partial charge in [-0.2, -0.15) is 0 Å². The summed E-state index contributed by atoms with van der Waals surface area (Å²) in [5.74, 6) is 0.698. The Hall–Kier alpha value is -2.47. The fraction of sp³-hybridized carbons (Fsp3) is 0.286. The SMILES string of the molecule is O=C1CCCCC1Sc1nnc(-c2ccc(F)cc2)n1Cc1ccccc1. The Morgan fingerprint density at radius 2 is 1.81 bits per heavy atom. The first kappa shape index (κ1) is 17.9. The zero-order chi connectivity index (χ0) is 18.6. The highest BCUT2D eigenvalue weighted by molar-refractivity contribution is 8.00. The van der Waals surface area contributed by atoms with E-state index in [0.29, 0.717) is 24.6 Å². The molecule has 138 valence electrons. The van der Waals surface area contributed by atoms with E-state index in [2.05, 4.69) is 22.3 Å². The molecule has 1 saturated carbocycles. The van der Waals surface area contributed by atoms with Crippen LogP contribution in [0.25, 0.3) is 11.4 Å². The summed E-state index contributed by atoms with van der Waals surface area (Å²) in [6, 6.07) is 16.3. The molecule has 0 aliphatic heterocycles. The lowest BCUT2D eigenvalue weighted by atomic mass is 9.99. The van der Waals surface area contributed by atoms with Gasteiger partial charge in [0.25, 0.3) is 0 Å². The van der Waals surface area contributed by atoms with Gasteiger partial charge in [0.15, 0.2) is 11.0 Å². The van der Waals surface area contributed by atoms with Crippen molar-refractivity contribution in [2.24, 2.45) is 0 Å². The van der Waals surface area contributed by atoms with E-state index in [4.69, 9.17) is 0 Å². The maximum Gasteiger partial charge on any atom is 0.192 e. The highest BCUT2D eigenvalue weighted by Crippen LogP contribution is 2.33. The van der Waals surface area contributed by atoms with Gasteiger partial charge in [0.05, 0.1) is 11.8 Å². The van der Waals surface area contributed by atoms with Crippen molar-refractivity contribution < 1.29 is 9.18 Å². The van der Waals surface area contributed by atoms with Crippen molar-refractivity contribution in [1.82, 2.24) is 14.8 Å². The molecule has 1 atom stereocenters. The van der Waals surface area contributed by atoms with Crippen LogP contribution in [0.2, 0.25) is 0 Å². The summed E-state index contributed by atoms with van der Waals surface area (Å²) in [6.45, 7) is 0.601. The van der Waals surface area contributed by atoms with Crippen LogP contribution in [-0.2, 0) is 11.3 Å². The predicted octanol–water partition coefficient (Wildman–Crippen LogP) is 4.74. The second-order valence-electron chi connectivity index (χ2n) is 6.70. The van der Waals surface area contributed by atoms with E-state index >= 15 is 0 Å². The number of aromatic nitrogens is 3. The number of rotatable bonds is 5. The van der Waals surface area contributed by atoms with Gasteiger partial charge in [-0.05, 0) is 42.7 Å². The molecule has 0 radical (unpaired) electrons. The third kappa shape index (κ3) is 4.11. The van der Waals surface area contributed by atoms with Crippen LogP contribution in [0, 0.1) is 5.82 Å². The first-order valence-corrected chi connectivity index (χ1v) is 10.0. The topological polar surface area (TPSA) is 47.8 Å². The number of hydrogen-bond donors (Lipinski definition) is 0. The van der Waals surface area contributed by atoms with E-state index in [9.17, 15) is 9.18 Å². The lowest BCUT2D eigenvalue weighted by Crippen LogP contribution is -2.22. The molecule has 0 amide bonds. The molecule has 3 aromatic rings. The van der Waals surface area contributed by atoms with Crippen molar-refractivity contribution in [3.8, 4) is 11.4 Å². The van der Waals surface area contributed by atoms with Crippen LogP contribution >= 0.6 is 11.8 Å². The molecule has 1 unspecified atom stereocenters. The number of nitrogens with zero attached hydrogens (tertiary/aromatic N) is 3. The van der Waals surface area contributed by atoms with E-state index in [1.165, 1.54) is 23.9 Å². The zero-order valence-electron chi connectivity index (χ0n) is 14.8. The number of carbonyl (C=O) groups is 1. The van der Waals surface area contributed by atoms with Crippen molar-refractivity contribution in [1.29, 1.82) is 0 Å². The molecular formula is C21H20FN3OS. The Morgan fingerprint density at radius 3 is 2.56 bits per heavy atom. The van der Waals surface area contributed by atoms with Gasteiger partial charge in [0.2, 0.25) is 0 Å². The average Bonchev–Trinajstić information content (AvgIpc) is 3.07. The van der Waals surface area contributed by atoms with Crippen molar-refractivity contribution >= 4 is 17.5 Å². The normalized spacial score (nSPS) is 17.2. The van der Waals surface area contributed by atoms with Crippen LogP contribution < -0.4 is 0 Å². The Balaban J connectivity index is 1.69. The fourth-order valence-corrected chi connectivity index (χ4v) is 4.45. The van der Waals surface area contributed by atoms with Crippen LogP contribution in [0.3, 0.4) is 0 Å². The smallest absolute Gasteiger partial charge is 0.192 e. The first-order chi connectivity index (χ1) is 13.2. The molecule has 1 fully saturated rings. The fourth-order valence-electron chi connectivity index (χ4n) is 3.30. The molecule has 2 aromatic carbocycles. The predicted molar refractivity (Wildman–Crippen MR) is 104 cm³/mol. The average molecular weight is 381 g/mol. The summed E-state index contributed by atoms with van der Waals surface area (Å²) >= 11 is 1.50. The maximum atomic E-state index is 13.3. The zero-order valence-corrected chi connectivity index (χ0v) is 15.7. The van der Waals surface area contributed by atoms with Gasteiger partial charge >= 0.3 is 0 Å². The van der Waals surface area contributed by atoms with Crippen LogP contribution in [-0.4, -0.2) is 25.8 Å². The van der Waals surface area contributed by atoms with Gasteiger partial charge in [-0.1, -0.05) is 48.5 Å². The van der Waals surface area contributed by atoms with Gasteiger partial charge in [0.1, 0.15) is 11.6 Å². The number of ketones is 1. The lowest BCUT2D eigenvalue weighted by Gasteiger charge is -2.20. The molecule has 0 spiro atoms. The molecule has 0 N–H and O–H groups in total. The second kappa shape index (κ2) is 8.05. The molecule has 27 heavy (non-hydrogen) atoms. The molecule has 1 heterocycles. The van der Waals surface area contributed by atoms with E-state index in [-0.39, 0.29) is 11.1 Å². The quantitative estimate of drug-likeness (QED) is 0.641. The number of benzene rings is 2. The van der Waals surface area contributed by atoms with Crippen LogP contribution in [0.15, 0.2) is 59.8 Å². The third-order valence-corrected chi connectivity index (χ3v) is 6.05. The molecule has 4 rings (SSSR count). The molecule has 0 bridgehead atoms. The van der Waals surface area contributed by atoms with Crippen LogP contribution in [0.4, 0.5) is 4.39 Å². The molecule has 1 aromatic heterocycles. The molecule has 0 saturated heterocycles. The van der Waals surface area contributed by atoms with Crippen molar-refractivity contribution in [3.05, 3.63) is 66.0 Å². The van der Waals surface area contributed by atoms with Crippen LogP contribution in [0.1, 0.15) is 31.2 Å². The summed E-state index contributed by atoms with van der Waals surface area (Å²) in [7, 11) is 0. The Morgan fingerprint density at radius 1 is 1.04 bits per heavy atom. The maximum absolute atomic E-state index is 13.3. The molecule has 4 nitrogen and oxygen atoms in total. The summed E-state index contributed by atoms with van der Waals surface area (Å²) in [5, 5.41) is 9.41. The summed E-state index contributed by atoms with van der Waals surface area (Å²) in [4.78, 5) is 12.3. The van der Waals surface area contributed by atoms with Gasteiger partial charge in [-0.15, -0.1) is 10.2 Å². The van der Waals surface area contributed by atoms with Crippen molar-refractivity contribution in [2.75, 3.05) is 0 Å². The minimum atomic E-state index is -0.282. The van der Waals surface area contributed by atoms with E-state index in [0.717, 1.165) is 35.5 Å². The van der Waals surface area contributed by atoms with Crippen molar-refractivity contribution in [2.45, 2.75) is 42.6 Å². The number of hydrogen-bond acceptors (Lipinski definition) is 4. The largest absolute Gasteiger partial charge is 0.298 e. The third-order valence-electron chi connectivity index (χ3n) is 4.75. The number of carbonyl (C=O) groups excluding carboxylic acids is 1. The highest BCUT2D eigenvalue weighted by Gasteiger charge is 2.26. The summed E-state index contributed by atoms with van der Waals surface area (Å²) < 4.78 is 15.3. The summed E-state index contributed by atoms with van der Waals surface area (Å²) in [6.07, 6.45) is 3.58. The number of Topliss-reactive ketones (excluding diaryl/α,β-unsaturated/α-hetero) is 1. The monoisotopic (exact) mass is 381 g/mol. The van der Waals surface area contributed by atoms with Gasteiger partial charge < -0.3 is 0 Å². The molecule has 1 aliphatic carbocycles. The summed E-state index contributed by atoms with van der Waals surface area (Å²) in [5.41, 5.74) is 1.93. The molecular weight excluding hydrogens is 361 g/mol. The Kier molecular flexibility index (Phi) is 5.34. The van der Waals surface area contributed by atoms with Gasteiger partial charge in [-0.3, -0.25) is 9.36 Å². The first-order valence-electron chi connectivity index (χ1n) is 9.13. The van der Waals surface area contributed by atoms with Crippen molar-refractivity contribution in [3.63, 3.8) is 0 Å².